The number of hydrogen-bond acceptors (Lipinski definition) is 3. The lowest BCUT2D eigenvalue weighted by molar-refractivity contribution is 0.287. The zero-order valence-electron chi connectivity index (χ0n) is 5.76. The number of nitrogens with one attached hydrogen (secondary N) is 1. The molecule has 0 aromatic carbocycles. The molecule has 1 aliphatic rings. The molecule has 2 N–H and O–H groups in total. The van der Waals surface area contributed by atoms with Crippen LogP contribution in [-0.4, -0.2) is 24.1 Å². The SMILES string of the molecule is O=C=C(O)C1CCNCC1. The molecule has 1 saturated heterocycles. The zero-order chi connectivity index (χ0) is 7.40. The van der Waals surface area contributed by atoms with E-state index in [0.29, 0.717) is 0 Å². The zero-order valence-corrected chi connectivity index (χ0v) is 5.76. The fourth-order valence-electron chi connectivity index (χ4n) is 1.18. The van der Waals surface area contributed by atoms with Crippen LogP contribution in [0.15, 0.2) is 5.76 Å². The highest BCUT2D eigenvalue weighted by molar-refractivity contribution is 5.49. The largest absolute Gasteiger partial charge is 0.502 e. The van der Waals surface area contributed by atoms with Crippen molar-refractivity contribution < 1.29 is 9.90 Å². The maximum absolute atomic E-state index is 9.97. The second kappa shape index (κ2) is 3.40. The molecule has 1 rings (SSSR count). The van der Waals surface area contributed by atoms with Crippen molar-refractivity contribution in [3.8, 4) is 0 Å². The van der Waals surface area contributed by atoms with Gasteiger partial charge in [-0.25, -0.2) is 4.79 Å². The van der Waals surface area contributed by atoms with Crippen molar-refractivity contribution in [1.82, 2.24) is 5.32 Å². The monoisotopic (exact) mass is 141 g/mol. The van der Waals surface area contributed by atoms with E-state index in [2.05, 4.69) is 5.32 Å². The quantitative estimate of drug-likeness (QED) is 0.407. The molecule has 0 atom stereocenters. The predicted octanol–water partition coefficient (Wildman–Crippen LogP) is 0.259. The third-order valence-corrected chi connectivity index (χ3v) is 1.83. The maximum Gasteiger partial charge on any atom is 0.180 e. The van der Waals surface area contributed by atoms with E-state index in [4.69, 9.17) is 5.11 Å². The van der Waals surface area contributed by atoms with Crippen molar-refractivity contribution in [1.29, 1.82) is 0 Å². The van der Waals surface area contributed by atoms with E-state index in [1.807, 2.05) is 0 Å². The molecule has 3 nitrogen and oxygen atoms in total. The van der Waals surface area contributed by atoms with Gasteiger partial charge >= 0.3 is 0 Å². The van der Waals surface area contributed by atoms with E-state index in [1.54, 1.807) is 0 Å². The summed E-state index contributed by atoms with van der Waals surface area (Å²) in [6.07, 6.45) is 1.70. The molecule has 0 unspecified atom stereocenters. The van der Waals surface area contributed by atoms with Crippen molar-refractivity contribution in [2.24, 2.45) is 5.92 Å². The van der Waals surface area contributed by atoms with Gasteiger partial charge in [-0.1, -0.05) is 0 Å². The van der Waals surface area contributed by atoms with Gasteiger partial charge in [-0.2, -0.15) is 0 Å². The fourth-order valence-corrected chi connectivity index (χ4v) is 1.18. The molecule has 0 aromatic rings. The lowest BCUT2D eigenvalue weighted by Gasteiger charge is -2.19. The van der Waals surface area contributed by atoms with Crippen LogP contribution in [0.1, 0.15) is 12.8 Å². The summed E-state index contributed by atoms with van der Waals surface area (Å²) < 4.78 is 0. The van der Waals surface area contributed by atoms with E-state index in [1.165, 1.54) is 5.94 Å². The van der Waals surface area contributed by atoms with Gasteiger partial charge in [0, 0.05) is 5.92 Å². The first-order valence-corrected chi connectivity index (χ1v) is 3.49. The van der Waals surface area contributed by atoms with Gasteiger partial charge in [0.15, 0.2) is 11.7 Å². The summed E-state index contributed by atoms with van der Waals surface area (Å²) in [5.74, 6) is 1.47. The Morgan fingerprint density at radius 1 is 1.50 bits per heavy atom. The number of piperidine rings is 1. The Bertz CT molecular complexity index is 155. The summed E-state index contributed by atoms with van der Waals surface area (Å²) in [6, 6.07) is 0. The molecule has 1 fully saturated rings. The predicted molar refractivity (Wildman–Crippen MR) is 37.4 cm³/mol. The lowest BCUT2D eigenvalue weighted by Crippen LogP contribution is -2.28. The van der Waals surface area contributed by atoms with Crippen molar-refractivity contribution in [2.75, 3.05) is 13.1 Å². The highest BCUT2D eigenvalue weighted by atomic mass is 16.3. The fraction of sp³-hybridized carbons (Fsp3) is 0.714. The molecular formula is C7H11NO2. The molecule has 0 spiro atoms. The highest BCUT2D eigenvalue weighted by Gasteiger charge is 2.17. The van der Waals surface area contributed by atoms with Gasteiger partial charge in [-0.05, 0) is 25.9 Å². The smallest absolute Gasteiger partial charge is 0.180 e. The van der Waals surface area contributed by atoms with Crippen molar-refractivity contribution in [2.45, 2.75) is 12.8 Å². The summed E-state index contributed by atoms with van der Waals surface area (Å²) in [6.45, 7) is 1.77. The summed E-state index contributed by atoms with van der Waals surface area (Å²) in [5.41, 5.74) is 0. The minimum atomic E-state index is -0.110. The van der Waals surface area contributed by atoms with Gasteiger partial charge in [0.05, 0.1) is 0 Å². The molecule has 3 heteroatoms. The normalized spacial score (nSPS) is 20.0. The standard InChI is InChI=1S/C7H11NO2/c9-5-7(10)6-1-3-8-4-2-6/h6,8,10H,1-4H2. The van der Waals surface area contributed by atoms with Crippen LogP contribution in [0.5, 0.6) is 0 Å². The number of hydrogen-bond donors (Lipinski definition) is 2. The highest BCUT2D eigenvalue weighted by Crippen LogP contribution is 2.16. The van der Waals surface area contributed by atoms with Crippen molar-refractivity contribution >= 4 is 5.94 Å². The third-order valence-electron chi connectivity index (χ3n) is 1.83. The van der Waals surface area contributed by atoms with Crippen LogP contribution >= 0.6 is 0 Å². The molecule has 0 aliphatic carbocycles. The van der Waals surface area contributed by atoms with E-state index in [0.717, 1.165) is 25.9 Å². The van der Waals surface area contributed by atoms with E-state index in [-0.39, 0.29) is 11.7 Å². The van der Waals surface area contributed by atoms with Gasteiger partial charge in [0.25, 0.3) is 0 Å². The summed E-state index contributed by atoms with van der Waals surface area (Å²) in [5, 5.41) is 12.1. The minimum Gasteiger partial charge on any atom is -0.502 e. The molecular weight excluding hydrogens is 130 g/mol. The van der Waals surface area contributed by atoms with Gasteiger partial charge in [-0.3, -0.25) is 0 Å². The topological polar surface area (TPSA) is 49.3 Å². The van der Waals surface area contributed by atoms with Crippen LogP contribution in [0.4, 0.5) is 0 Å². The van der Waals surface area contributed by atoms with E-state index < -0.39 is 0 Å². The Morgan fingerprint density at radius 2 is 2.10 bits per heavy atom. The first-order valence-electron chi connectivity index (χ1n) is 3.49. The maximum atomic E-state index is 9.97. The average Bonchev–Trinajstić information content (AvgIpc) is 2.05. The first-order chi connectivity index (χ1) is 4.84. The molecule has 0 aromatic heterocycles. The summed E-state index contributed by atoms with van der Waals surface area (Å²) >= 11 is 0. The van der Waals surface area contributed by atoms with Crippen LogP contribution < -0.4 is 5.32 Å². The van der Waals surface area contributed by atoms with Crippen LogP contribution in [0, 0.1) is 5.92 Å². The molecule has 10 heavy (non-hydrogen) atoms. The lowest BCUT2D eigenvalue weighted by atomic mass is 9.97. The van der Waals surface area contributed by atoms with Gasteiger partial charge < -0.3 is 10.4 Å². The van der Waals surface area contributed by atoms with Crippen LogP contribution in [0.3, 0.4) is 0 Å². The number of rotatable bonds is 1. The molecule has 0 bridgehead atoms. The Labute approximate surface area is 59.7 Å². The van der Waals surface area contributed by atoms with Crippen molar-refractivity contribution in [3.05, 3.63) is 5.76 Å². The summed E-state index contributed by atoms with van der Waals surface area (Å²) in [4.78, 5) is 9.97. The first kappa shape index (κ1) is 7.32. The molecule has 0 amide bonds. The Morgan fingerprint density at radius 3 is 2.60 bits per heavy atom. The molecule has 1 heterocycles. The number of allylic oxidation sites excluding steroid dienone is 1. The Balaban J connectivity index is 2.46. The van der Waals surface area contributed by atoms with Crippen LogP contribution in [0.2, 0.25) is 0 Å². The molecule has 0 radical (unpaired) electrons. The number of carbonyl (C=O) groups excluding carboxylic acids is 1. The molecule has 56 valence electrons. The van der Waals surface area contributed by atoms with Gasteiger partial charge in [0.1, 0.15) is 0 Å². The number of aliphatic hydroxyl groups excluding tert-OH is 1. The van der Waals surface area contributed by atoms with Gasteiger partial charge in [0.2, 0.25) is 0 Å². The second-order valence-electron chi connectivity index (χ2n) is 2.51. The Hall–Kier alpha value is -0.790. The van der Waals surface area contributed by atoms with E-state index >= 15 is 0 Å². The number of aliphatic hydroxyl groups is 1. The third kappa shape index (κ3) is 1.59. The Kier molecular flexibility index (Phi) is 2.49. The second-order valence-corrected chi connectivity index (χ2v) is 2.51. The average molecular weight is 141 g/mol. The van der Waals surface area contributed by atoms with Crippen LogP contribution in [0.25, 0.3) is 0 Å². The molecule has 1 aliphatic heterocycles. The van der Waals surface area contributed by atoms with Gasteiger partial charge in [-0.15, -0.1) is 0 Å². The minimum absolute atomic E-state index is 0.0544. The molecule has 0 saturated carbocycles. The van der Waals surface area contributed by atoms with E-state index in [9.17, 15) is 4.79 Å². The van der Waals surface area contributed by atoms with Crippen LogP contribution in [-0.2, 0) is 4.79 Å². The van der Waals surface area contributed by atoms with Crippen molar-refractivity contribution in [3.63, 3.8) is 0 Å². The summed E-state index contributed by atoms with van der Waals surface area (Å²) in [7, 11) is 0.